The van der Waals surface area contributed by atoms with E-state index < -0.39 is 11.7 Å². The van der Waals surface area contributed by atoms with Gasteiger partial charge in [-0.3, -0.25) is 9.59 Å². The average molecular weight is 274 g/mol. The van der Waals surface area contributed by atoms with E-state index in [2.05, 4.69) is 10.1 Å². The van der Waals surface area contributed by atoms with Crippen LogP contribution in [-0.2, 0) is 9.53 Å². The maximum Gasteiger partial charge on any atom is 0.305 e. The van der Waals surface area contributed by atoms with Crippen molar-refractivity contribution in [2.75, 3.05) is 13.7 Å². The van der Waals surface area contributed by atoms with Gasteiger partial charge in [0.25, 0.3) is 5.91 Å². The Balaban J connectivity index is 2.46. The average Bonchev–Trinajstić information content (AvgIpc) is 2.36. The largest absolute Gasteiger partial charge is 0.469 e. The first kappa shape index (κ1) is 14.4. The molecule has 0 atom stereocenters. The number of amides is 1. The minimum Gasteiger partial charge on any atom is -0.469 e. The van der Waals surface area contributed by atoms with Gasteiger partial charge in [0, 0.05) is 18.0 Å². The van der Waals surface area contributed by atoms with Gasteiger partial charge in [0.2, 0.25) is 0 Å². The lowest BCUT2D eigenvalue weighted by molar-refractivity contribution is -0.140. The molecule has 4 nitrogen and oxygen atoms in total. The molecule has 0 aliphatic carbocycles. The van der Waals surface area contributed by atoms with Gasteiger partial charge in [-0.15, -0.1) is 0 Å². The summed E-state index contributed by atoms with van der Waals surface area (Å²) in [7, 11) is 1.29. The highest BCUT2D eigenvalue weighted by Crippen LogP contribution is 2.14. The van der Waals surface area contributed by atoms with E-state index in [1.807, 2.05) is 0 Å². The van der Waals surface area contributed by atoms with Gasteiger partial charge in [-0.05, 0) is 24.6 Å². The fourth-order valence-electron chi connectivity index (χ4n) is 1.30. The van der Waals surface area contributed by atoms with Gasteiger partial charge in [0.15, 0.2) is 0 Å². The Labute approximate surface area is 109 Å². The van der Waals surface area contributed by atoms with Crippen LogP contribution in [0.2, 0.25) is 5.02 Å². The quantitative estimate of drug-likeness (QED) is 0.661. The number of hydrogen-bond acceptors (Lipinski definition) is 3. The van der Waals surface area contributed by atoms with Crippen molar-refractivity contribution < 1.29 is 18.7 Å². The molecule has 0 fully saturated rings. The Hall–Kier alpha value is -1.62. The summed E-state index contributed by atoms with van der Waals surface area (Å²) in [5.41, 5.74) is -0.111. The molecule has 0 aromatic heterocycles. The van der Waals surface area contributed by atoms with Crippen molar-refractivity contribution >= 4 is 23.5 Å². The molecule has 0 saturated carbocycles. The van der Waals surface area contributed by atoms with Crippen LogP contribution >= 0.6 is 11.6 Å². The molecule has 0 bridgehead atoms. The van der Waals surface area contributed by atoms with E-state index in [0.717, 1.165) is 6.07 Å². The Morgan fingerprint density at radius 3 is 2.83 bits per heavy atom. The van der Waals surface area contributed by atoms with Crippen LogP contribution in [0.5, 0.6) is 0 Å². The van der Waals surface area contributed by atoms with Crippen LogP contribution in [0.3, 0.4) is 0 Å². The fourth-order valence-corrected chi connectivity index (χ4v) is 1.48. The van der Waals surface area contributed by atoms with Crippen LogP contribution in [0, 0.1) is 5.82 Å². The molecule has 98 valence electrons. The van der Waals surface area contributed by atoms with Crippen molar-refractivity contribution in [2.24, 2.45) is 0 Å². The van der Waals surface area contributed by atoms with Gasteiger partial charge < -0.3 is 10.1 Å². The number of methoxy groups -OCH3 is 1. The minimum absolute atomic E-state index is 0.111. The number of ether oxygens (including phenoxy) is 1. The smallest absolute Gasteiger partial charge is 0.305 e. The van der Waals surface area contributed by atoms with Crippen LogP contribution in [0.25, 0.3) is 0 Å². The van der Waals surface area contributed by atoms with Gasteiger partial charge in [-0.1, -0.05) is 11.6 Å². The first-order valence-corrected chi connectivity index (χ1v) is 5.72. The summed E-state index contributed by atoms with van der Waals surface area (Å²) < 4.78 is 17.8. The standard InChI is InChI=1S/C12H13ClFNO3/c1-18-11(16)3-2-6-15-12(17)9-7-8(13)4-5-10(9)14/h4-5,7H,2-3,6H2,1H3,(H,15,17). The van der Waals surface area contributed by atoms with Crippen molar-refractivity contribution in [1.29, 1.82) is 0 Å². The van der Waals surface area contributed by atoms with Crippen molar-refractivity contribution in [3.05, 3.63) is 34.6 Å². The van der Waals surface area contributed by atoms with Crippen molar-refractivity contribution in [1.82, 2.24) is 5.32 Å². The van der Waals surface area contributed by atoms with Gasteiger partial charge >= 0.3 is 5.97 Å². The number of halogens is 2. The molecule has 6 heteroatoms. The van der Waals surface area contributed by atoms with E-state index in [0.29, 0.717) is 6.42 Å². The molecule has 0 aliphatic heterocycles. The lowest BCUT2D eigenvalue weighted by atomic mass is 10.2. The lowest BCUT2D eigenvalue weighted by Crippen LogP contribution is -2.25. The topological polar surface area (TPSA) is 55.4 Å². The first-order chi connectivity index (χ1) is 8.54. The van der Waals surface area contributed by atoms with E-state index in [4.69, 9.17) is 11.6 Å². The number of carbonyl (C=O) groups excluding carboxylic acids is 2. The summed E-state index contributed by atoms with van der Waals surface area (Å²) in [6, 6.07) is 3.75. The molecule has 1 N–H and O–H groups in total. The van der Waals surface area contributed by atoms with E-state index in [9.17, 15) is 14.0 Å². The molecule has 1 rings (SSSR count). The number of hydrogen-bond donors (Lipinski definition) is 1. The van der Waals surface area contributed by atoms with Gasteiger partial charge in [-0.2, -0.15) is 0 Å². The van der Waals surface area contributed by atoms with Crippen LogP contribution in [0.4, 0.5) is 4.39 Å². The van der Waals surface area contributed by atoms with Gasteiger partial charge in [0.1, 0.15) is 5.82 Å². The van der Waals surface area contributed by atoms with E-state index >= 15 is 0 Å². The minimum atomic E-state index is -0.634. The molecule has 1 aromatic rings. The zero-order valence-electron chi connectivity index (χ0n) is 9.83. The second-order valence-corrected chi connectivity index (χ2v) is 4.00. The van der Waals surface area contributed by atoms with E-state index in [-0.39, 0.29) is 29.5 Å². The van der Waals surface area contributed by atoms with E-state index in [1.165, 1.54) is 19.2 Å². The molecule has 0 heterocycles. The monoisotopic (exact) mass is 273 g/mol. The summed E-state index contributed by atoms with van der Waals surface area (Å²) in [5, 5.41) is 2.79. The number of nitrogens with one attached hydrogen (secondary N) is 1. The van der Waals surface area contributed by atoms with Crippen LogP contribution in [0.15, 0.2) is 18.2 Å². The molecule has 1 amide bonds. The summed E-state index contributed by atoms with van der Waals surface area (Å²) in [6.07, 6.45) is 0.634. The Bertz CT molecular complexity index is 451. The third-order valence-electron chi connectivity index (χ3n) is 2.24. The van der Waals surface area contributed by atoms with Gasteiger partial charge in [-0.25, -0.2) is 4.39 Å². The second-order valence-electron chi connectivity index (χ2n) is 3.56. The lowest BCUT2D eigenvalue weighted by Gasteiger charge is -2.06. The molecular weight excluding hydrogens is 261 g/mol. The maximum atomic E-state index is 13.3. The Morgan fingerprint density at radius 1 is 1.44 bits per heavy atom. The molecular formula is C12H13ClFNO3. The second kappa shape index (κ2) is 6.96. The number of carbonyl (C=O) groups is 2. The zero-order valence-corrected chi connectivity index (χ0v) is 10.6. The SMILES string of the molecule is COC(=O)CCCNC(=O)c1cc(Cl)ccc1F. The Morgan fingerprint density at radius 2 is 2.17 bits per heavy atom. The molecule has 18 heavy (non-hydrogen) atoms. The zero-order chi connectivity index (χ0) is 13.5. The molecule has 0 radical (unpaired) electrons. The highest BCUT2D eigenvalue weighted by Gasteiger charge is 2.11. The third-order valence-corrected chi connectivity index (χ3v) is 2.48. The molecule has 0 spiro atoms. The predicted molar refractivity (Wildman–Crippen MR) is 65.0 cm³/mol. The summed E-state index contributed by atoms with van der Waals surface area (Å²) >= 11 is 5.67. The first-order valence-electron chi connectivity index (χ1n) is 5.34. The number of esters is 1. The van der Waals surface area contributed by atoms with Crippen LogP contribution in [-0.4, -0.2) is 25.5 Å². The van der Waals surface area contributed by atoms with Crippen molar-refractivity contribution in [3.8, 4) is 0 Å². The summed E-state index contributed by atoms with van der Waals surface area (Å²) in [5.74, 6) is -1.54. The highest BCUT2D eigenvalue weighted by molar-refractivity contribution is 6.30. The fraction of sp³-hybridized carbons (Fsp3) is 0.333. The molecule has 0 aliphatic rings. The summed E-state index contributed by atoms with van der Waals surface area (Å²) in [4.78, 5) is 22.4. The predicted octanol–water partition coefficient (Wildman–Crippen LogP) is 2.16. The van der Waals surface area contributed by atoms with Crippen LogP contribution in [0.1, 0.15) is 23.2 Å². The molecule has 0 saturated heterocycles. The van der Waals surface area contributed by atoms with Crippen molar-refractivity contribution in [2.45, 2.75) is 12.8 Å². The third kappa shape index (κ3) is 4.33. The normalized spacial score (nSPS) is 9.94. The molecule has 1 aromatic carbocycles. The van der Waals surface area contributed by atoms with E-state index in [1.54, 1.807) is 0 Å². The van der Waals surface area contributed by atoms with Gasteiger partial charge in [0.05, 0.1) is 12.7 Å². The number of rotatable bonds is 5. The molecule has 0 unspecified atom stereocenters. The van der Waals surface area contributed by atoms with Crippen molar-refractivity contribution in [3.63, 3.8) is 0 Å². The van der Waals surface area contributed by atoms with Crippen LogP contribution < -0.4 is 5.32 Å². The summed E-state index contributed by atoms with van der Waals surface area (Å²) in [6.45, 7) is 0.264. The maximum absolute atomic E-state index is 13.3. The highest BCUT2D eigenvalue weighted by atomic mass is 35.5. The number of benzene rings is 1. The Kier molecular flexibility index (Phi) is 5.58.